The van der Waals surface area contributed by atoms with Gasteiger partial charge in [-0.15, -0.1) is 0 Å². The fourth-order valence-corrected chi connectivity index (χ4v) is 2.32. The van der Waals surface area contributed by atoms with Gasteiger partial charge in [-0.1, -0.05) is 12.6 Å². The highest BCUT2D eigenvalue weighted by Crippen LogP contribution is 2.41. The summed E-state index contributed by atoms with van der Waals surface area (Å²) in [5.41, 5.74) is 0.948. The molecule has 1 aromatic rings. The maximum atomic E-state index is 12.6. The average Bonchev–Trinajstić information content (AvgIpc) is 3.27. The van der Waals surface area contributed by atoms with Crippen LogP contribution in [0.25, 0.3) is 0 Å². The van der Waals surface area contributed by atoms with Crippen LogP contribution in [0.15, 0.2) is 36.9 Å². The standard InChI is InChI=1S/C16H20N2O3/c1-4-14(19)17-13-7-5-6-12(10-13)15(20)18(2)16(8-9-16)11-21-3/h4-7,10H,1,8-9,11H2,2-3H3,(H,17,19). The lowest BCUT2D eigenvalue weighted by Crippen LogP contribution is -2.42. The molecule has 5 nitrogen and oxygen atoms in total. The zero-order chi connectivity index (χ0) is 15.5. The van der Waals surface area contributed by atoms with E-state index in [9.17, 15) is 9.59 Å². The molecule has 0 saturated heterocycles. The van der Waals surface area contributed by atoms with Gasteiger partial charge >= 0.3 is 0 Å². The summed E-state index contributed by atoms with van der Waals surface area (Å²) in [4.78, 5) is 25.6. The number of anilines is 1. The van der Waals surface area contributed by atoms with Crippen molar-refractivity contribution in [2.24, 2.45) is 0 Å². The second kappa shape index (κ2) is 6.10. The lowest BCUT2D eigenvalue weighted by atomic mass is 10.1. The van der Waals surface area contributed by atoms with Gasteiger partial charge in [-0.2, -0.15) is 0 Å². The molecule has 0 aromatic heterocycles. The van der Waals surface area contributed by atoms with Crippen LogP contribution in [0.4, 0.5) is 5.69 Å². The van der Waals surface area contributed by atoms with E-state index in [0.29, 0.717) is 17.9 Å². The Kier molecular flexibility index (Phi) is 4.43. The molecule has 1 aliphatic carbocycles. The Balaban J connectivity index is 2.14. The summed E-state index contributed by atoms with van der Waals surface area (Å²) in [6, 6.07) is 6.89. The fourth-order valence-electron chi connectivity index (χ4n) is 2.32. The van der Waals surface area contributed by atoms with Gasteiger partial charge in [0.2, 0.25) is 5.91 Å². The molecule has 1 fully saturated rings. The summed E-state index contributed by atoms with van der Waals surface area (Å²) in [6.45, 7) is 3.95. The van der Waals surface area contributed by atoms with Crippen molar-refractivity contribution in [1.29, 1.82) is 0 Å². The van der Waals surface area contributed by atoms with Gasteiger partial charge in [0.05, 0.1) is 12.1 Å². The molecule has 1 aliphatic rings. The number of likely N-dealkylation sites (N-methyl/N-ethyl adjacent to an activating group) is 1. The van der Waals surface area contributed by atoms with Crippen molar-refractivity contribution >= 4 is 17.5 Å². The number of benzene rings is 1. The number of hydrogen-bond donors (Lipinski definition) is 1. The number of amides is 2. The van der Waals surface area contributed by atoms with Crippen molar-refractivity contribution in [3.8, 4) is 0 Å². The highest BCUT2D eigenvalue weighted by atomic mass is 16.5. The molecule has 112 valence electrons. The zero-order valence-electron chi connectivity index (χ0n) is 12.4. The molecule has 0 aliphatic heterocycles. The molecule has 2 amide bonds. The third-order valence-corrected chi connectivity index (χ3v) is 3.82. The molecule has 0 spiro atoms. The number of hydrogen-bond acceptors (Lipinski definition) is 3. The van der Waals surface area contributed by atoms with Crippen LogP contribution in [0.3, 0.4) is 0 Å². The molecular formula is C16H20N2O3. The van der Waals surface area contributed by atoms with E-state index in [0.717, 1.165) is 12.8 Å². The third-order valence-electron chi connectivity index (χ3n) is 3.82. The van der Waals surface area contributed by atoms with Crippen LogP contribution in [0.1, 0.15) is 23.2 Å². The first-order valence-electron chi connectivity index (χ1n) is 6.83. The van der Waals surface area contributed by atoms with Crippen molar-refractivity contribution in [1.82, 2.24) is 4.90 Å². The van der Waals surface area contributed by atoms with Crippen LogP contribution >= 0.6 is 0 Å². The molecule has 0 atom stereocenters. The lowest BCUT2D eigenvalue weighted by Gasteiger charge is -2.27. The third kappa shape index (κ3) is 3.31. The summed E-state index contributed by atoms with van der Waals surface area (Å²) in [6.07, 6.45) is 3.10. The summed E-state index contributed by atoms with van der Waals surface area (Å²) in [7, 11) is 3.44. The van der Waals surface area contributed by atoms with Gasteiger partial charge in [0.1, 0.15) is 0 Å². The van der Waals surface area contributed by atoms with Crippen molar-refractivity contribution < 1.29 is 14.3 Å². The molecule has 5 heteroatoms. The largest absolute Gasteiger partial charge is 0.382 e. The zero-order valence-corrected chi connectivity index (χ0v) is 12.4. The number of nitrogens with one attached hydrogen (secondary N) is 1. The molecule has 1 N–H and O–H groups in total. The number of rotatable bonds is 6. The maximum Gasteiger partial charge on any atom is 0.254 e. The molecule has 1 saturated carbocycles. The monoisotopic (exact) mass is 288 g/mol. The summed E-state index contributed by atoms with van der Waals surface area (Å²) in [5.74, 6) is -0.370. The predicted molar refractivity (Wildman–Crippen MR) is 81.2 cm³/mol. The Morgan fingerprint density at radius 2 is 2.19 bits per heavy atom. The van der Waals surface area contributed by atoms with Crippen LogP contribution < -0.4 is 5.32 Å². The number of nitrogens with zero attached hydrogens (tertiary/aromatic N) is 1. The van der Waals surface area contributed by atoms with E-state index in [1.807, 2.05) is 0 Å². The van der Waals surface area contributed by atoms with E-state index in [1.54, 1.807) is 43.3 Å². The van der Waals surface area contributed by atoms with E-state index in [2.05, 4.69) is 11.9 Å². The van der Waals surface area contributed by atoms with Gasteiger partial charge in [-0.3, -0.25) is 9.59 Å². The number of methoxy groups -OCH3 is 1. The minimum absolute atomic E-state index is 0.0701. The molecule has 0 heterocycles. The maximum absolute atomic E-state index is 12.6. The Morgan fingerprint density at radius 1 is 1.48 bits per heavy atom. The first-order chi connectivity index (χ1) is 10.0. The van der Waals surface area contributed by atoms with Gasteiger partial charge in [-0.05, 0) is 37.1 Å². The Bertz CT molecular complexity index is 564. The average molecular weight is 288 g/mol. The predicted octanol–water partition coefficient (Wildman–Crippen LogP) is 2.06. The minimum atomic E-state index is -0.300. The highest BCUT2D eigenvalue weighted by molar-refractivity contribution is 6.01. The summed E-state index contributed by atoms with van der Waals surface area (Å²) < 4.78 is 5.21. The van der Waals surface area contributed by atoms with Crippen molar-refractivity contribution in [2.75, 3.05) is 26.1 Å². The normalized spacial score (nSPS) is 15.1. The van der Waals surface area contributed by atoms with Crippen LogP contribution in [0.5, 0.6) is 0 Å². The van der Waals surface area contributed by atoms with E-state index in [-0.39, 0.29) is 17.4 Å². The molecule has 2 rings (SSSR count). The lowest BCUT2D eigenvalue weighted by molar-refractivity contribution is -0.111. The van der Waals surface area contributed by atoms with Gasteiger partial charge in [0, 0.05) is 25.4 Å². The van der Waals surface area contributed by atoms with E-state index in [1.165, 1.54) is 6.08 Å². The quantitative estimate of drug-likeness (QED) is 0.815. The molecule has 1 aromatic carbocycles. The summed E-state index contributed by atoms with van der Waals surface area (Å²) >= 11 is 0. The Morgan fingerprint density at radius 3 is 2.76 bits per heavy atom. The number of carbonyl (C=O) groups excluding carboxylic acids is 2. The van der Waals surface area contributed by atoms with Crippen molar-refractivity contribution in [2.45, 2.75) is 18.4 Å². The highest BCUT2D eigenvalue weighted by Gasteiger charge is 2.48. The van der Waals surface area contributed by atoms with Crippen LogP contribution in [-0.4, -0.2) is 43.0 Å². The van der Waals surface area contributed by atoms with Gasteiger partial charge in [0.15, 0.2) is 0 Å². The first-order valence-corrected chi connectivity index (χ1v) is 6.83. The minimum Gasteiger partial charge on any atom is -0.382 e. The molecular weight excluding hydrogens is 268 g/mol. The van der Waals surface area contributed by atoms with Crippen molar-refractivity contribution in [3.63, 3.8) is 0 Å². The second-order valence-electron chi connectivity index (χ2n) is 5.30. The van der Waals surface area contributed by atoms with Gasteiger partial charge in [0.25, 0.3) is 5.91 Å². The van der Waals surface area contributed by atoms with E-state index in [4.69, 9.17) is 4.74 Å². The molecule has 0 unspecified atom stereocenters. The first kappa shape index (κ1) is 15.3. The van der Waals surface area contributed by atoms with Crippen LogP contribution in [0, 0.1) is 0 Å². The molecule has 21 heavy (non-hydrogen) atoms. The van der Waals surface area contributed by atoms with Gasteiger partial charge in [-0.25, -0.2) is 0 Å². The molecule has 0 bridgehead atoms. The van der Waals surface area contributed by atoms with Crippen LogP contribution in [0.2, 0.25) is 0 Å². The fraction of sp³-hybridized carbons (Fsp3) is 0.375. The molecule has 0 radical (unpaired) electrons. The SMILES string of the molecule is C=CC(=O)Nc1cccc(C(=O)N(C)C2(COC)CC2)c1. The van der Waals surface area contributed by atoms with E-state index < -0.39 is 0 Å². The Labute approximate surface area is 124 Å². The summed E-state index contributed by atoms with van der Waals surface area (Å²) in [5, 5.41) is 2.65. The topological polar surface area (TPSA) is 58.6 Å². The van der Waals surface area contributed by atoms with Crippen LogP contribution in [-0.2, 0) is 9.53 Å². The Hall–Kier alpha value is -2.14. The van der Waals surface area contributed by atoms with Gasteiger partial charge < -0.3 is 15.0 Å². The smallest absolute Gasteiger partial charge is 0.254 e. The number of ether oxygens (including phenoxy) is 1. The second-order valence-corrected chi connectivity index (χ2v) is 5.30. The number of carbonyl (C=O) groups is 2. The van der Waals surface area contributed by atoms with Crippen molar-refractivity contribution in [3.05, 3.63) is 42.5 Å². The van der Waals surface area contributed by atoms with E-state index >= 15 is 0 Å².